The fourth-order valence-corrected chi connectivity index (χ4v) is 3.26. The molecule has 134 valence electrons. The number of amides is 3. The summed E-state index contributed by atoms with van der Waals surface area (Å²) in [5, 5.41) is 10.5. The van der Waals surface area contributed by atoms with Crippen molar-refractivity contribution in [2.45, 2.75) is 19.9 Å². The normalized spacial score (nSPS) is 11.8. The van der Waals surface area contributed by atoms with Crippen molar-refractivity contribution in [1.82, 2.24) is 5.32 Å². The zero-order valence-electron chi connectivity index (χ0n) is 14.5. The number of hydrogen-bond donors (Lipinski definition) is 3. The number of anilines is 2. The molecular weight excluding hydrogens is 338 g/mol. The van der Waals surface area contributed by atoms with Gasteiger partial charge in [-0.3, -0.25) is 4.79 Å². The average Bonchev–Trinajstić information content (AvgIpc) is 3.08. The molecular formula is C18H23N3O3S. The number of carbonyl (C=O) groups is 2. The van der Waals surface area contributed by atoms with Crippen LogP contribution in [0.1, 0.15) is 24.8 Å². The minimum absolute atomic E-state index is 0.00170. The van der Waals surface area contributed by atoms with Crippen LogP contribution in [-0.2, 0) is 9.53 Å². The molecule has 1 atom stereocenters. The standard InChI is InChI=1S/C18H23N3O3S/c1-12(2)17(15-5-4-10-25-15)21-18(23)20-14-8-6-13(7-9-14)19-16(22)11-24-3/h4-10,12,17H,11H2,1-3H3,(H,19,22)(H2,20,21,23)/t17-/m0/s1. The van der Waals surface area contributed by atoms with E-state index in [1.165, 1.54) is 7.11 Å². The highest BCUT2D eigenvalue weighted by Gasteiger charge is 2.19. The van der Waals surface area contributed by atoms with E-state index in [1.807, 2.05) is 17.5 Å². The Hall–Kier alpha value is -2.38. The van der Waals surface area contributed by atoms with Gasteiger partial charge in [0.1, 0.15) is 6.61 Å². The number of thiophene rings is 1. The molecule has 0 radical (unpaired) electrons. The third kappa shape index (κ3) is 5.88. The van der Waals surface area contributed by atoms with Gasteiger partial charge in [-0.25, -0.2) is 4.79 Å². The molecule has 0 fully saturated rings. The van der Waals surface area contributed by atoms with Crippen LogP contribution in [0.25, 0.3) is 0 Å². The van der Waals surface area contributed by atoms with E-state index in [4.69, 9.17) is 4.74 Å². The molecule has 1 aromatic heterocycles. The summed E-state index contributed by atoms with van der Waals surface area (Å²) in [7, 11) is 1.46. The highest BCUT2D eigenvalue weighted by atomic mass is 32.1. The summed E-state index contributed by atoms with van der Waals surface area (Å²) >= 11 is 1.63. The van der Waals surface area contributed by atoms with Crippen LogP contribution in [0.15, 0.2) is 41.8 Å². The van der Waals surface area contributed by atoms with E-state index in [-0.39, 0.29) is 30.5 Å². The molecule has 2 aromatic rings. The Balaban J connectivity index is 1.92. The number of carbonyl (C=O) groups excluding carboxylic acids is 2. The zero-order chi connectivity index (χ0) is 18.2. The second kappa shape index (κ2) is 9.19. The van der Waals surface area contributed by atoms with Crippen LogP contribution in [0.2, 0.25) is 0 Å². The van der Waals surface area contributed by atoms with Crippen LogP contribution in [0.4, 0.5) is 16.2 Å². The molecule has 0 saturated carbocycles. The molecule has 0 aliphatic carbocycles. The fraction of sp³-hybridized carbons (Fsp3) is 0.333. The lowest BCUT2D eigenvalue weighted by Crippen LogP contribution is -2.34. The molecule has 1 aromatic carbocycles. The van der Waals surface area contributed by atoms with Crippen LogP contribution in [-0.4, -0.2) is 25.7 Å². The van der Waals surface area contributed by atoms with Gasteiger partial charge >= 0.3 is 6.03 Å². The van der Waals surface area contributed by atoms with Crippen molar-refractivity contribution >= 4 is 34.6 Å². The molecule has 0 bridgehead atoms. The summed E-state index contributed by atoms with van der Waals surface area (Å²) in [5.74, 6) is 0.0550. The van der Waals surface area contributed by atoms with Gasteiger partial charge in [0.15, 0.2) is 0 Å². The maximum atomic E-state index is 12.3. The van der Waals surface area contributed by atoms with Crippen LogP contribution < -0.4 is 16.0 Å². The second-order valence-electron chi connectivity index (χ2n) is 5.89. The number of hydrogen-bond acceptors (Lipinski definition) is 4. The lowest BCUT2D eigenvalue weighted by atomic mass is 10.0. The van der Waals surface area contributed by atoms with Gasteiger partial charge in [0, 0.05) is 23.4 Å². The fourth-order valence-electron chi connectivity index (χ4n) is 2.31. The van der Waals surface area contributed by atoms with Gasteiger partial charge in [0.25, 0.3) is 0 Å². The van der Waals surface area contributed by atoms with Gasteiger partial charge in [-0.1, -0.05) is 19.9 Å². The van der Waals surface area contributed by atoms with Crippen molar-refractivity contribution in [2.24, 2.45) is 5.92 Å². The van der Waals surface area contributed by atoms with Crippen molar-refractivity contribution in [1.29, 1.82) is 0 Å². The summed E-state index contributed by atoms with van der Waals surface area (Å²) in [6.45, 7) is 4.14. The van der Waals surface area contributed by atoms with Gasteiger partial charge in [-0.15, -0.1) is 11.3 Å². The van der Waals surface area contributed by atoms with Crippen LogP contribution in [0, 0.1) is 5.92 Å². The SMILES string of the molecule is COCC(=O)Nc1ccc(NC(=O)N[C@H](c2cccs2)C(C)C)cc1. The van der Waals surface area contributed by atoms with Crippen LogP contribution >= 0.6 is 11.3 Å². The summed E-state index contributed by atoms with van der Waals surface area (Å²) < 4.78 is 4.76. The van der Waals surface area contributed by atoms with Crippen molar-refractivity contribution < 1.29 is 14.3 Å². The van der Waals surface area contributed by atoms with Crippen LogP contribution in [0.3, 0.4) is 0 Å². The van der Waals surface area contributed by atoms with E-state index in [0.717, 1.165) is 4.88 Å². The number of benzene rings is 1. The van der Waals surface area contributed by atoms with E-state index >= 15 is 0 Å². The van der Waals surface area contributed by atoms with E-state index in [1.54, 1.807) is 35.6 Å². The number of urea groups is 1. The van der Waals surface area contributed by atoms with E-state index < -0.39 is 0 Å². The van der Waals surface area contributed by atoms with Crippen molar-refractivity contribution in [3.05, 3.63) is 46.7 Å². The first-order chi connectivity index (χ1) is 12.0. The molecule has 7 heteroatoms. The first kappa shape index (κ1) is 19.0. The average molecular weight is 361 g/mol. The van der Waals surface area contributed by atoms with Gasteiger partial charge in [-0.2, -0.15) is 0 Å². The number of nitrogens with one attached hydrogen (secondary N) is 3. The third-order valence-electron chi connectivity index (χ3n) is 3.50. The summed E-state index contributed by atoms with van der Waals surface area (Å²) in [6, 6.07) is 10.6. The Morgan fingerprint density at radius 3 is 2.24 bits per heavy atom. The summed E-state index contributed by atoms with van der Waals surface area (Å²) in [5.41, 5.74) is 1.29. The van der Waals surface area contributed by atoms with Crippen molar-refractivity contribution in [3.8, 4) is 0 Å². The monoisotopic (exact) mass is 361 g/mol. The quantitative estimate of drug-likeness (QED) is 0.701. The van der Waals surface area contributed by atoms with Gasteiger partial charge in [-0.05, 0) is 41.6 Å². The van der Waals surface area contributed by atoms with Crippen molar-refractivity contribution in [2.75, 3.05) is 24.4 Å². The molecule has 2 rings (SSSR count). The number of methoxy groups -OCH3 is 1. The Morgan fingerprint density at radius 1 is 1.08 bits per heavy atom. The zero-order valence-corrected chi connectivity index (χ0v) is 15.4. The topological polar surface area (TPSA) is 79.5 Å². The first-order valence-corrected chi connectivity index (χ1v) is 8.87. The minimum atomic E-state index is -0.261. The van der Waals surface area contributed by atoms with Crippen LogP contribution in [0.5, 0.6) is 0 Å². The van der Waals surface area contributed by atoms with E-state index in [0.29, 0.717) is 11.4 Å². The molecule has 0 spiro atoms. The smallest absolute Gasteiger partial charge is 0.319 e. The third-order valence-corrected chi connectivity index (χ3v) is 4.46. The lowest BCUT2D eigenvalue weighted by Gasteiger charge is -2.21. The van der Waals surface area contributed by atoms with E-state index in [9.17, 15) is 9.59 Å². The van der Waals surface area contributed by atoms with Gasteiger partial charge in [0.2, 0.25) is 5.91 Å². The Morgan fingerprint density at radius 2 is 1.72 bits per heavy atom. The summed E-state index contributed by atoms with van der Waals surface area (Å²) in [6.07, 6.45) is 0. The highest BCUT2D eigenvalue weighted by molar-refractivity contribution is 7.10. The maximum absolute atomic E-state index is 12.3. The number of rotatable bonds is 7. The molecule has 0 unspecified atom stereocenters. The second-order valence-corrected chi connectivity index (χ2v) is 6.87. The molecule has 0 aliphatic heterocycles. The van der Waals surface area contributed by atoms with E-state index in [2.05, 4.69) is 29.8 Å². The largest absolute Gasteiger partial charge is 0.375 e. The van der Waals surface area contributed by atoms with Crippen molar-refractivity contribution in [3.63, 3.8) is 0 Å². The number of ether oxygens (including phenoxy) is 1. The Bertz CT molecular complexity index is 684. The minimum Gasteiger partial charge on any atom is -0.375 e. The molecule has 3 amide bonds. The maximum Gasteiger partial charge on any atom is 0.319 e. The Kier molecular flexibility index (Phi) is 6.97. The highest BCUT2D eigenvalue weighted by Crippen LogP contribution is 2.25. The molecule has 3 N–H and O–H groups in total. The predicted octanol–water partition coefficient (Wildman–Crippen LogP) is 3.85. The molecule has 0 aliphatic rings. The molecule has 1 heterocycles. The van der Waals surface area contributed by atoms with Gasteiger partial charge in [0.05, 0.1) is 6.04 Å². The Labute approximate surface area is 151 Å². The predicted molar refractivity (Wildman–Crippen MR) is 101 cm³/mol. The molecule has 6 nitrogen and oxygen atoms in total. The van der Waals surface area contributed by atoms with Gasteiger partial charge < -0.3 is 20.7 Å². The first-order valence-electron chi connectivity index (χ1n) is 7.99. The lowest BCUT2D eigenvalue weighted by molar-refractivity contribution is -0.119. The molecule has 25 heavy (non-hydrogen) atoms. The summed E-state index contributed by atoms with van der Waals surface area (Å²) in [4.78, 5) is 24.9. The molecule has 0 saturated heterocycles.